The molecule has 5 N–H and O–H groups in total. The lowest BCUT2D eigenvalue weighted by Crippen LogP contribution is -2.39. The van der Waals surface area contributed by atoms with Crippen molar-refractivity contribution in [2.75, 3.05) is 24.1 Å². The molecule has 0 aliphatic carbocycles. The first-order valence-electron chi connectivity index (χ1n) is 11.3. The number of aromatic hydroxyl groups is 1. The molecule has 10 heteroatoms. The number of benzene rings is 2. The Morgan fingerprint density at radius 1 is 1.23 bits per heavy atom. The number of aliphatic hydroxyl groups excluding tert-OH is 1. The Morgan fingerprint density at radius 3 is 2.69 bits per heavy atom. The fourth-order valence-electron chi connectivity index (χ4n) is 3.86. The second-order valence-corrected chi connectivity index (χ2v) is 10.4. The second-order valence-electron chi connectivity index (χ2n) is 8.60. The van der Waals surface area contributed by atoms with E-state index in [1.165, 1.54) is 6.07 Å². The molecular formula is C25H30BrIN4O4. The molecule has 35 heavy (non-hydrogen) atoms. The van der Waals surface area contributed by atoms with Crippen LogP contribution in [0.1, 0.15) is 45.1 Å². The smallest absolute Gasteiger partial charge is 0.251 e. The largest absolute Gasteiger partial charge is 0.508 e. The van der Waals surface area contributed by atoms with Crippen molar-refractivity contribution in [3.8, 4) is 5.75 Å². The van der Waals surface area contributed by atoms with E-state index >= 15 is 0 Å². The highest BCUT2D eigenvalue weighted by Crippen LogP contribution is 2.27. The van der Waals surface area contributed by atoms with Crippen molar-refractivity contribution in [1.29, 1.82) is 0 Å². The number of nitrogens with one attached hydrogen (secondary N) is 3. The summed E-state index contributed by atoms with van der Waals surface area (Å²) in [6, 6.07) is 8.56. The van der Waals surface area contributed by atoms with Gasteiger partial charge in [0, 0.05) is 27.4 Å². The lowest BCUT2D eigenvalue weighted by atomic mass is 9.98. The molecule has 2 atom stereocenters. The van der Waals surface area contributed by atoms with E-state index in [0.717, 1.165) is 32.6 Å². The summed E-state index contributed by atoms with van der Waals surface area (Å²) in [5.74, 6) is 0.0496. The molecule has 3 rings (SSSR count). The van der Waals surface area contributed by atoms with Gasteiger partial charge in [-0.3, -0.25) is 14.6 Å². The number of aliphatic hydroxyl groups is 1. The van der Waals surface area contributed by atoms with E-state index < -0.39 is 12.0 Å². The van der Waals surface area contributed by atoms with E-state index in [4.69, 9.17) is 0 Å². The molecule has 8 nitrogen and oxygen atoms in total. The lowest BCUT2D eigenvalue weighted by molar-refractivity contribution is -0.120. The number of halogens is 2. The van der Waals surface area contributed by atoms with Crippen LogP contribution in [0.2, 0.25) is 0 Å². The van der Waals surface area contributed by atoms with Crippen molar-refractivity contribution in [3.05, 3.63) is 62.6 Å². The normalized spacial score (nSPS) is 16.1. The molecule has 1 heterocycles. The first-order valence-corrected chi connectivity index (χ1v) is 13.7. The zero-order chi connectivity index (χ0) is 25.5. The highest BCUT2D eigenvalue weighted by atomic mass is 127. The number of phenols is 1. The maximum absolute atomic E-state index is 12.7. The monoisotopic (exact) mass is 656 g/mol. The van der Waals surface area contributed by atoms with Crippen molar-refractivity contribution >= 4 is 56.2 Å². The molecule has 1 aliphatic rings. The number of amides is 2. The summed E-state index contributed by atoms with van der Waals surface area (Å²) in [7, 11) is 0. The lowest BCUT2D eigenvalue weighted by Gasteiger charge is -2.21. The zero-order valence-corrected chi connectivity index (χ0v) is 23.4. The molecule has 0 bridgehead atoms. The third-order valence-corrected chi connectivity index (χ3v) is 7.21. The number of aliphatic imine (C=N–C) groups is 1. The first kappa shape index (κ1) is 27.4. The van der Waals surface area contributed by atoms with Gasteiger partial charge in [0.05, 0.1) is 31.1 Å². The van der Waals surface area contributed by atoms with Crippen molar-refractivity contribution < 1.29 is 19.8 Å². The number of rotatable bonds is 9. The van der Waals surface area contributed by atoms with Gasteiger partial charge in [0.2, 0.25) is 5.91 Å². The van der Waals surface area contributed by atoms with Crippen molar-refractivity contribution in [2.45, 2.75) is 38.8 Å². The maximum Gasteiger partial charge on any atom is 0.251 e. The fourth-order valence-corrected chi connectivity index (χ4v) is 5.15. The van der Waals surface area contributed by atoms with Crippen LogP contribution in [-0.2, 0) is 11.2 Å². The minimum Gasteiger partial charge on any atom is -0.508 e. The van der Waals surface area contributed by atoms with Crippen LogP contribution in [-0.4, -0.2) is 58.0 Å². The molecule has 2 aromatic carbocycles. The van der Waals surface area contributed by atoms with Crippen LogP contribution in [0.25, 0.3) is 0 Å². The number of aryl methyl sites for hydroxylation is 2. The van der Waals surface area contributed by atoms with Gasteiger partial charge in [-0.25, -0.2) is 0 Å². The van der Waals surface area contributed by atoms with Gasteiger partial charge in [-0.05, 0) is 72.9 Å². The standard InChI is InChI=1S/C25H30BrIN4O4/c1-14-5-18(26)9-21(15(14)2)22(10-27)31-24(34)13-30-25(35)17-6-16(7-19(32)8-17)3-4-23-28-11-20(33)12-29-23/h5-9,20,22,32-33H,3-4,10-13H2,1-2H3,(H,28,29)(H,30,35)(H,31,34). The molecule has 2 aromatic rings. The zero-order valence-electron chi connectivity index (χ0n) is 19.7. The number of hydrogen-bond acceptors (Lipinski definition) is 6. The van der Waals surface area contributed by atoms with Crippen molar-refractivity contribution in [1.82, 2.24) is 16.0 Å². The van der Waals surface area contributed by atoms with E-state index in [-0.39, 0.29) is 29.8 Å². The average molecular weight is 657 g/mol. The van der Waals surface area contributed by atoms with Crippen LogP contribution in [0.3, 0.4) is 0 Å². The van der Waals surface area contributed by atoms with E-state index in [1.807, 2.05) is 26.0 Å². The molecule has 1 aliphatic heterocycles. The molecule has 0 radical (unpaired) electrons. The van der Waals surface area contributed by atoms with Gasteiger partial charge in [-0.1, -0.05) is 38.5 Å². The molecule has 0 aromatic heterocycles. The third-order valence-electron chi connectivity index (χ3n) is 5.87. The van der Waals surface area contributed by atoms with Crippen LogP contribution in [0.5, 0.6) is 5.75 Å². The van der Waals surface area contributed by atoms with E-state index in [2.05, 4.69) is 59.5 Å². The quantitative estimate of drug-likeness (QED) is 0.210. The van der Waals surface area contributed by atoms with Gasteiger partial charge in [-0.2, -0.15) is 0 Å². The summed E-state index contributed by atoms with van der Waals surface area (Å²) < 4.78 is 1.64. The van der Waals surface area contributed by atoms with Gasteiger partial charge in [-0.15, -0.1) is 0 Å². The molecule has 0 saturated heterocycles. The van der Waals surface area contributed by atoms with Crippen LogP contribution >= 0.6 is 38.5 Å². The van der Waals surface area contributed by atoms with Crippen LogP contribution in [0.4, 0.5) is 0 Å². The second kappa shape index (κ2) is 12.7. The van der Waals surface area contributed by atoms with Crippen molar-refractivity contribution in [3.63, 3.8) is 0 Å². The van der Waals surface area contributed by atoms with Crippen LogP contribution in [0.15, 0.2) is 39.8 Å². The summed E-state index contributed by atoms with van der Waals surface area (Å²) >= 11 is 5.76. The van der Waals surface area contributed by atoms with Crippen LogP contribution < -0.4 is 16.0 Å². The minimum absolute atomic E-state index is 0.0171. The molecule has 2 amide bonds. The van der Waals surface area contributed by atoms with Gasteiger partial charge in [0.15, 0.2) is 0 Å². The highest BCUT2D eigenvalue weighted by molar-refractivity contribution is 14.1. The molecule has 0 spiro atoms. The number of amidine groups is 1. The Labute approximate surface area is 227 Å². The Morgan fingerprint density at radius 2 is 2.00 bits per heavy atom. The minimum atomic E-state index is -0.470. The number of alkyl halides is 1. The Hall–Kier alpha value is -2.18. The van der Waals surface area contributed by atoms with Gasteiger partial charge in [0.25, 0.3) is 5.91 Å². The fraction of sp³-hybridized carbons (Fsp3) is 0.400. The number of nitrogens with zero attached hydrogens (tertiary/aromatic N) is 1. The highest BCUT2D eigenvalue weighted by Gasteiger charge is 2.18. The predicted molar refractivity (Wildman–Crippen MR) is 148 cm³/mol. The molecule has 0 saturated carbocycles. The number of β-amino-alcohol motifs (C(OH)–C–C–N with tert-alkyl or cyclic N) is 1. The summed E-state index contributed by atoms with van der Waals surface area (Å²) in [4.78, 5) is 29.6. The Balaban J connectivity index is 1.58. The SMILES string of the molecule is Cc1cc(Br)cc(C(CI)NC(=O)CNC(=O)c2cc(O)cc(CCC3=NCC(O)CN3)c2)c1C. The van der Waals surface area contributed by atoms with Crippen LogP contribution in [0, 0.1) is 13.8 Å². The first-order chi connectivity index (χ1) is 16.7. The molecule has 0 fully saturated rings. The van der Waals surface area contributed by atoms with E-state index in [1.54, 1.807) is 12.1 Å². The molecule has 188 valence electrons. The molecule has 2 unspecified atom stereocenters. The van der Waals surface area contributed by atoms with Gasteiger partial charge in [0.1, 0.15) is 5.75 Å². The van der Waals surface area contributed by atoms with Crippen molar-refractivity contribution in [2.24, 2.45) is 4.99 Å². The summed E-state index contributed by atoms with van der Waals surface area (Å²) in [5.41, 5.74) is 4.36. The summed E-state index contributed by atoms with van der Waals surface area (Å²) in [6.07, 6.45) is 0.702. The summed E-state index contributed by atoms with van der Waals surface area (Å²) in [5, 5.41) is 28.3. The predicted octanol–water partition coefficient (Wildman–Crippen LogP) is 3.09. The number of phenolic OH excluding ortho intramolecular Hbond substituents is 1. The van der Waals surface area contributed by atoms with E-state index in [9.17, 15) is 19.8 Å². The number of carbonyl (C=O) groups excluding carboxylic acids is 2. The number of hydrogen-bond donors (Lipinski definition) is 5. The van der Waals surface area contributed by atoms with E-state index in [0.29, 0.717) is 30.4 Å². The van der Waals surface area contributed by atoms with Gasteiger partial charge < -0.3 is 26.2 Å². The topological polar surface area (TPSA) is 123 Å². The maximum atomic E-state index is 12.7. The average Bonchev–Trinajstić information content (AvgIpc) is 2.82. The Kier molecular flexibility index (Phi) is 9.93. The van der Waals surface area contributed by atoms with Gasteiger partial charge >= 0.3 is 0 Å². The molecular weight excluding hydrogens is 627 g/mol. The number of carbonyl (C=O) groups is 2. The third kappa shape index (κ3) is 7.91. The summed E-state index contributed by atoms with van der Waals surface area (Å²) in [6.45, 7) is 4.73. The Bertz CT molecular complexity index is 1120.